The molecule has 2 aromatic carbocycles. The molecule has 0 fully saturated rings. The lowest BCUT2D eigenvalue weighted by Crippen LogP contribution is -2.20. The van der Waals surface area contributed by atoms with Crippen LogP contribution in [0.5, 0.6) is 5.75 Å². The van der Waals surface area contributed by atoms with Crippen molar-refractivity contribution in [1.82, 2.24) is 0 Å². The summed E-state index contributed by atoms with van der Waals surface area (Å²) in [5.41, 5.74) is 1.95. The zero-order valence-corrected chi connectivity index (χ0v) is 10.2. The average Bonchev–Trinajstić information content (AvgIpc) is 2.46. The average molecular weight is 241 g/mol. The van der Waals surface area contributed by atoms with Gasteiger partial charge in [-0.3, -0.25) is 4.79 Å². The van der Waals surface area contributed by atoms with E-state index in [0.717, 1.165) is 23.4 Å². The van der Waals surface area contributed by atoms with Crippen molar-refractivity contribution in [2.75, 3.05) is 12.0 Å². The Kier molecular flexibility index (Phi) is 3.97. The van der Waals surface area contributed by atoms with Gasteiger partial charge in [0.25, 0.3) is 0 Å². The van der Waals surface area contributed by atoms with E-state index < -0.39 is 0 Å². The lowest BCUT2D eigenvalue weighted by atomic mass is 10.2. The van der Waals surface area contributed by atoms with Crippen molar-refractivity contribution in [3.8, 4) is 5.75 Å². The number of amides is 1. The topological polar surface area (TPSA) is 29.5 Å². The molecule has 0 aliphatic rings. The standard InChI is InChI=1S/C15H15NO2/c1-18-15-9-7-14(8-10-15)16(12-17)11-13-5-3-2-4-6-13/h2-10,12H,11H2,1H3. The minimum absolute atomic E-state index is 0.566. The van der Waals surface area contributed by atoms with Crippen molar-refractivity contribution in [2.45, 2.75) is 6.54 Å². The van der Waals surface area contributed by atoms with Crippen LogP contribution in [-0.2, 0) is 11.3 Å². The Balaban J connectivity index is 2.15. The van der Waals surface area contributed by atoms with Gasteiger partial charge in [0.05, 0.1) is 13.7 Å². The minimum atomic E-state index is 0.566. The summed E-state index contributed by atoms with van der Waals surface area (Å²) >= 11 is 0. The zero-order valence-electron chi connectivity index (χ0n) is 10.2. The van der Waals surface area contributed by atoms with Crippen molar-refractivity contribution in [3.05, 3.63) is 60.2 Å². The van der Waals surface area contributed by atoms with Crippen molar-refractivity contribution in [2.24, 2.45) is 0 Å². The molecule has 92 valence electrons. The van der Waals surface area contributed by atoms with Crippen LogP contribution in [0, 0.1) is 0 Å². The summed E-state index contributed by atoms with van der Waals surface area (Å²) < 4.78 is 5.09. The fourth-order valence-corrected chi connectivity index (χ4v) is 1.74. The fourth-order valence-electron chi connectivity index (χ4n) is 1.74. The van der Waals surface area contributed by atoms with Crippen LogP contribution in [0.3, 0.4) is 0 Å². The van der Waals surface area contributed by atoms with Gasteiger partial charge in [-0.2, -0.15) is 0 Å². The molecule has 0 aliphatic carbocycles. The van der Waals surface area contributed by atoms with E-state index in [1.807, 2.05) is 54.6 Å². The number of carbonyl (C=O) groups is 1. The molecule has 0 N–H and O–H groups in total. The van der Waals surface area contributed by atoms with Crippen LogP contribution < -0.4 is 9.64 Å². The smallest absolute Gasteiger partial charge is 0.214 e. The summed E-state index contributed by atoms with van der Waals surface area (Å²) in [5, 5.41) is 0. The highest BCUT2D eigenvalue weighted by molar-refractivity contribution is 5.75. The van der Waals surface area contributed by atoms with E-state index in [4.69, 9.17) is 4.74 Å². The molecule has 3 heteroatoms. The highest BCUT2D eigenvalue weighted by atomic mass is 16.5. The Morgan fingerprint density at radius 1 is 1.06 bits per heavy atom. The number of nitrogens with zero attached hydrogens (tertiary/aromatic N) is 1. The van der Waals surface area contributed by atoms with E-state index >= 15 is 0 Å². The Bertz CT molecular complexity index is 494. The molecule has 0 heterocycles. The first kappa shape index (κ1) is 12.2. The van der Waals surface area contributed by atoms with Crippen LogP contribution in [0.2, 0.25) is 0 Å². The van der Waals surface area contributed by atoms with E-state index in [-0.39, 0.29) is 0 Å². The van der Waals surface area contributed by atoms with Crippen LogP contribution in [0.15, 0.2) is 54.6 Å². The van der Waals surface area contributed by atoms with E-state index in [1.165, 1.54) is 0 Å². The Morgan fingerprint density at radius 2 is 1.72 bits per heavy atom. The highest BCUT2D eigenvalue weighted by Gasteiger charge is 2.05. The predicted molar refractivity (Wildman–Crippen MR) is 71.7 cm³/mol. The first-order valence-corrected chi connectivity index (χ1v) is 5.73. The van der Waals surface area contributed by atoms with E-state index in [9.17, 15) is 4.79 Å². The first-order chi connectivity index (χ1) is 8.83. The Labute approximate surface area is 107 Å². The highest BCUT2D eigenvalue weighted by Crippen LogP contribution is 2.19. The maximum Gasteiger partial charge on any atom is 0.214 e. The molecule has 2 rings (SSSR count). The van der Waals surface area contributed by atoms with Crippen LogP contribution >= 0.6 is 0 Å². The van der Waals surface area contributed by atoms with Gasteiger partial charge in [0.15, 0.2) is 0 Å². The van der Waals surface area contributed by atoms with E-state index in [1.54, 1.807) is 12.0 Å². The van der Waals surface area contributed by atoms with Gasteiger partial charge in [0, 0.05) is 5.69 Å². The maximum absolute atomic E-state index is 11.2. The summed E-state index contributed by atoms with van der Waals surface area (Å²) in [7, 11) is 1.62. The predicted octanol–water partition coefficient (Wildman–Crippen LogP) is 2.86. The molecular weight excluding hydrogens is 226 g/mol. The molecule has 0 saturated carbocycles. The summed E-state index contributed by atoms with van der Waals surface area (Å²) in [6, 6.07) is 17.3. The Hall–Kier alpha value is -2.29. The molecule has 0 spiro atoms. The number of hydrogen-bond donors (Lipinski definition) is 0. The van der Waals surface area contributed by atoms with E-state index in [0.29, 0.717) is 6.54 Å². The van der Waals surface area contributed by atoms with Crippen LogP contribution in [0.4, 0.5) is 5.69 Å². The summed E-state index contributed by atoms with van der Waals surface area (Å²) in [5.74, 6) is 0.782. The quantitative estimate of drug-likeness (QED) is 0.753. The summed E-state index contributed by atoms with van der Waals surface area (Å²) in [4.78, 5) is 12.8. The van der Waals surface area contributed by atoms with Gasteiger partial charge in [0.1, 0.15) is 5.75 Å². The normalized spacial score (nSPS) is 9.83. The molecule has 0 atom stereocenters. The van der Waals surface area contributed by atoms with Crippen molar-refractivity contribution in [3.63, 3.8) is 0 Å². The SMILES string of the molecule is COc1ccc(N(C=O)Cc2ccccc2)cc1. The van der Waals surface area contributed by atoms with Gasteiger partial charge in [-0.15, -0.1) is 0 Å². The Morgan fingerprint density at radius 3 is 2.28 bits per heavy atom. The van der Waals surface area contributed by atoms with Gasteiger partial charge in [-0.05, 0) is 29.8 Å². The molecule has 3 nitrogen and oxygen atoms in total. The van der Waals surface area contributed by atoms with E-state index in [2.05, 4.69) is 0 Å². The first-order valence-electron chi connectivity index (χ1n) is 5.73. The fraction of sp³-hybridized carbons (Fsp3) is 0.133. The number of anilines is 1. The second-order valence-electron chi connectivity index (χ2n) is 3.92. The van der Waals surface area contributed by atoms with Gasteiger partial charge in [-0.25, -0.2) is 0 Å². The number of methoxy groups -OCH3 is 1. The number of ether oxygens (including phenoxy) is 1. The molecule has 18 heavy (non-hydrogen) atoms. The molecule has 0 aliphatic heterocycles. The van der Waals surface area contributed by atoms with Crippen molar-refractivity contribution in [1.29, 1.82) is 0 Å². The van der Waals surface area contributed by atoms with Crippen molar-refractivity contribution < 1.29 is 9.53 Å². The number of carbonyl (C=O) groups excluding carboxylic acids is 1. The third kappa shape index (κ3) is 2.88. The molecule has 2 aromatic rings. The second kappa shape index (κ2) is 5.87. The molecule has 0 unspecified atom stereocenters. The molecular formula is C15H15NO2. The lowest BCUT2D eigenvalue weighted by Gasteiger charge is -2.17. The molecule has 1 amide bonds. The lowest BCUT2D eigenvalue weighted by molar-refractivity contribution is -0.107. The third-order valence-electron chi connectivity index (χ3n) is 2.73. The minimum Gasteiger partial charge on any atom is -0.497 e. The molecule has 0 radical (unpaired) electrons. The molecule has 0 bridgehead atoms. The third-order valence-corrected chi connectivity index (χ3v) is 2.73. The van der Waals surface area contributed by atoms with Gasteiger partial charge in [0.2, 0.25) is 6.41 Å². The van der Waals surface area contributed by atoms with Gasteiger partial charge < -0.3 is 9.64 Å². The number of hydrogen-bond acceptors (Lipinski definition) is 2. The van der Waals surface area contributed by atoms with Gasteiger partial charge >= 0.3 is 0 Å². The van der Waals surface area contributed by atoms with Crippen LogP contribution in [0.1, 0.15) is 5.56 Å². The maximum atomic E-state index is 11.2. The van der Waals surface area contributed by atoms with Crippen molar-refractivity contribution >= 4 is 12.1 Å². The zero-order chi connectivity index (χ0) is 12.8. The summed E-state index contributed by atoms with van der Waals surface area (Å²) in [6.07, 6.45) is 0.842. The van der Waals surface area contributed by atoms with Crippen LogP contribution in [0.25, 0.3) is 0 Å². The largest absolute Gasteiger partial charge is 0.497 e. The number of benzene rings is 2. The number of rotatable bonds is 5. The second-order valence-corrected chi connectivity index (χ2v) is 3.92. The summed E-state index contributed by atoms with van der Waals surface area (Å²) in [6.45, 7) is 0.566. The van der Waals surface area contributed by atoms with Gasteiger partial charge in [-0.1, -0.05) is 30.3 Å². The van der Waals surface area contributed by atoms with Crippen LogP contribution in [-0.4, -0.2) is 13.5 Å². The monoisotopic (exact) mass is 241 g/mol. The molecule has 0 aromatic heterocycles. The molecule has 0 saturated heterocycles.